The molecule has 0 aromatic heterocycles. The molecule has 0 atom stereocenters. The van der Waals surface area contributed by atoms with E-state index < -0.39 is 0 Å². The third-order valence-corrected chi connectivity index (χ3v) is 6.73. The first-order chi connectivity index (χ1) is 15.4. The van der Waals surface area contributed by atoms with Gasteiger partial charge in [0.2, 0.25) is 0 Å². The lowest BCUT2D eigenvalue weighted by molar-refractivity contribution is 0.513. The average Bonchev–Trinajstić information content (AvgIpc) is 2.78. The van der Waals surface area contributed by atoms with Gasteiger partial charge >= 0.3 is 0 Å². The second kappa shape index (κ2) is 29.4. The molecule has 0 saturated heterocycles. The highest BCUT2D eigenvalue weighted by Crippen LogP contribution is 2.16. The summed E-state index contributed by atoms with van der Waals surface area (Å²) in [6.07, 6.45) is 40.1. The summed E-state index contributed by atoms with van der Waals surface area (Å²) in [4.78, 5) is 0. The molecule has 0 rings (SSSR count). The van der Waals surface area contributed by atoms with Gasteiger partial charge in [0, 0.05) is 6.42 Å². The van der Waals surface area contributed by atoms with Crippen molar-refractivity contribution in [2.24, 2.45) is 0 Å². The number of hydrogen-bond donors (Lipinski definition) is 1. The Kier molecular flexibility index (Phi) is 28.8. The fourth-order valence-corrected chi connectivity index (χ4v) is 4.59. The third-order valence-electron chi connectivity index (χ3n) is 6.73. The van der Waals surface area contributed by atoms with Crippen LogP contribution in [-0.2, 0) is 0 Å². The highest BCUT2D eigenvalue weighted by atomic mass is 16.2. The van der Waals surface area contributed by atoms with Gasteiger partial charge in [0.1, 0.15) is 6.11 Å². The summed E-state index contributed by atoms with van der Waals surface area (Å²) in [5.74, 6) is 2.72. The van der Waals surface area contributed by atoms with E-state index in [9.17, 15) is 0 Å². The molecule has 0 aromatic rings. The minimum absolute atomic E-state index is 0.857. The normalized spacial score (nSPS) is 10.9. The number of unbranched alkanes of at least 4 members (excludes halogenated alkanes) is 26. The maximum atomic E-state index is 8.40. The van der Waals surface area contributed by atoms with Crippen molar-refractivity contribution in [2.75, 3.05) is 0 Å². The maximum Gasteiger partial charge on any atom is 0.107 e. The summed E-state index contributed by atoms with van der Waals surface area (Å²) >= 11 is 0. The Bertz CT molecular complexity index is 364. The monoisotopic (exact) mass is 434 g/mol. The number of rotatable bonds is 26. The van der Waals surface area contributed by atoms with Crippen molar-refractivity contribution in [3.8, 4) is 12.0 Å². The molecular weight excluding hydrogens is 376 g/mol. The molecular formula is C30H58O. The van der Waals surface area contributed by atoms with Gasteiger partial charge in [-0.25, -0.2) is 0 Å². The first-order valence-electron chi connectivity index (χ1n) is 14.5. The Morgan fingerprint density at radius 3 is 0.806 bits per heavy atom. The van der Waals surface area contributed by atoms with Crippen LogP contribution in [0.15, 0.2) is 0 Å². The van der Waals surface area contributed by atoms with Gasteiger partial charge in [0.15, 0.2) is 0 Å². The summed E-state index contributed by atoms with van der Waals surface area (Å²) in [6, 6.07) is 0. The SMILES string of the molecule is CCCCCCCCCCCCCCCCCCCCCCCCCCCCC#CO. The number of hydrogen-bond acceptors (Lipinski definition) is 1. The molecule has 0 fully saturated rings. The van der Waals surface area contributed by atoms with Crippen molar-refractivity contribution < 1.29 is 5.11 Å². The lowest BCUT2D eigenvalue weighted by Gasteiger charge is -2.04. The Balaban J connectivity index is 3.00. The first kappa shape index (κ1) is 30.4. The molecule has 0 unspecified atom stereocenters. The molecule has 1 nitrogen and oxygen atoms in total. The highest BCUT2D eigenvalue weighted by Gasteiger charge is 1.96. The van der Waals surface area contributed by atoms with Crippen molar-refractivity contribution in [3.63, 3.8) is 0 Å². The Morgan fingerprint density at radius 1 is 0.355 bits per heavy atom. The molecule has 0 aromatic carbocycles. The lowest BCUT2D eigenvalue weighted by atomic mass is 10.0. The standard InChI is InChI=1S/C30H58O/c1-2-3-4-5-6-7-8-9-10-11-12-13-14-15-16-17-18-19-20-21-22-23-24-25-26-27-28-29-30-31/h31H,2-28H2,1H3. The summed E-state index contributed by atoms with van der Waals surface area (Å²) in [5.41, 5.74) is 0. The van der Waals surface area contributed by atoms with E-state index in [2.05, 4.69) is 12.8 Å². The zero-order valence-corrected chi connectivity index (χ0v) is 21.5. The topological polar surface area (TPSA) is 20.2 Å². The Hall–Kier alpha value is -0.640. The van der Waals surface area contributed by atoms with Crippen LogP contribution in [0.25, 0.3) is 0 Å². The van der Waals surface area contributed by atoms with E-state index >= 15 is 0 Å². The summed E-state index contributed by atoms with van der Waals surface area (Å²) < 4.78 is 0. The van der Waals surface area contributed by atoms with Gasteiger partial charge in [0.05, 0.1) is 0 Å². The van der Waals surface area contributed by atoms with E-state index in [1.54, 1.807) is 0 Å². The van der Waals surface area contributed by atoms with Crippen LogP contribution >= 0.6 is 0 Å². The molecule has 0 aliphatic rings. The summed E-state index contributed by atoms with van der Waals surface area (Å²) in [7, 11) is 0. The number of aliphatic hydroxyl groups is 1. The van der Waals surface area contributed by atoms with Gasteiger partial charge in [-0.2, -0.15) is 0 Å². The van der Waals surface area contributed by atoms with E-state index in [-0.39, 0.29) is 0 Å². The zero-order valence-electron chi connectivity index (χ0n) is 21.5. The predicted molar refractivity (Wildman–Crippen MR) is 140 cm³/mol. The molecule has 0 aliphatic carbocycles. The van der Waals surface area contributed by atoms with E-state index in [1.165, 1.54) is 161 Å². The largest absolute Gasteiger partial charge is 0.462 e. The van der Waals surface area contributed by atoms with Crippen LogP contribution in [0.1, 0.15) is 180 Å². The zero-order chi connectivity index (χ0) is 22.5. The van der Waals surface area contributed by atoms with Gasteiger partial charge in [-0.15, -0.1) is 0 Å². The van der Waals surface area contributed by atoms with E-state index in [1.807, 2.05) is 6.11 Å². The van der Waals surface area contributed by atoms with Crippen LogP contribution in [-0.4, -0.2) is 5.11 Å². The summed E-state index contributed by atoms with van der Waals surface area (Å²) in [6.45, 7) is 2.30. The van der Waals surface area contributed by atoms with Crippen LogP contribution in [0.5, 0.6) is 0 Å². The molecule has 0 bridgehead atoms. The van der Waals surface area contributed by atoms with Gasteiger partial charge < -0.3 is 5.11 Å². The van der Waals surface area contributed by atoms with E-state index in [0.29, 0.717) is 0 Å². The average molecular weight is 435 g/mol. The minimum Gasteiger partial charge on any atom is -0.462 e. The van der Waals surface area contributed by atoms with Crippen molar-refractivity contribution >= 4 is 0 Å². The van der Waals surface area contributed by atoms with Crippen molar-refractivity contribution in [1.29, 1.82) is 0 Å². The van der Waals surface area contributed by atoms with Gasteiger partial charge in [0.25, 0.3) is 0 Å². The maximum absolute atomic E-state index is 8.40. The van der Waals surface area contributed by atoms with E-state index in [4.69, 9.17) is 5.11 Å². The Labute approximate surface area is 197 Å². The molecule has 0 saturated carbocycles. The van der Waals surface area contributed by atoms with Gasteiger partial charge in [-0.1, -0.05) is 173 Å². The third kappa shape index (κ3) is 29.4. The van der Waals surface area contributed by atoms with E-state index in [0.717, 1.165) is 12.8 Å². The molecule has 0 aliphatic heterocycles. The summed E-state index contributed by atoms with van der Waals surface area (Å²) in [5, 5.41) is 8.40. The van der Waals surface area contributed by atoms with Gasteiger partial charge in [-0.3, -0.25) is 0 Å². The molecule has 1 N–H and O–H groups in total. The van der Waals surface area contributed by atoms with Crippen molar-refractivity contribution in [2.45, 2.75) is 180 Å². The highest BCUT2D eigenvalue weighted by molar-refractivity contribution is 4.88. The Morgan fingerprint density at radius 2 is 0.581 bits per heavy atom. The molecule has 0 heterocycles. The fourth-order valence-electron chi connectivity index (χ4n) is 4.59. The smallest absolute Gasteiger partial charge is 0.107 e. The molecule has 0 amide bonds. The van der Waals surface area contributed by atoms with Crippen molar-refractivity contribution in [3.05, 3.63) is 0 Å². The molecule has 31 heavy (non-hydrogen) atoms. The molecule has 184 valence electrons. The first-order valence-corrected chi connectivity index (χ1v) is 14.5. The fraction of sp³-hybridized carbons (Fsp3) is 0.933. The minimum atomic E-state index is 0.857. The molecule has 1 heteroatoms. The molecule has 0 radical (unpaired) electrons. The van der Waals surface area contributed by atoms with Crippen molar-refractivity contribution in [1.82, 2.24) is 0 Å². The van der Waals surface area contributed by atoms with Crippen LogP contribution < -0.4 is 0 Å². The predicted octanol–water partition coefficient (Wildman–Crippen LogP) is 10.9. The lowest BCUT2D eigenvalue weighted by Crippen LogP contribution is -1.84. The second-order valence-electron chi connectivity index (χ2n) is 9.88. The quantitative estimate of drug-likeness (QED) is 0.106. The van der Waals surface area contributed by atoms with Gasteiger partial charge in [-0.05, 0) is 6.42 Å². The van der Waals surface area contributed by atoms with Crippen LogP contribution in [0.4, 0.5) is 0 Å². The second-order valence-corrected chi connectivity index (χ2v) is 9.88. The molecule has 0 spiro atoms. The van der Waals surface area contributed by atoms with Crippen LogP contribution in [0, 0.1) is 12.0 Å². The number of aliphatic hydroxyl groups excluding tert-OH is 1. The van der Waals surface area contributed by atoms with Crippen LogP contribution in [0.3, 0.4) is 0 Å². The van der Waals surface area contributed by atoms with Crippen LogP contribution in [0.2, 0.25) is 0 Å².